The van der Waals surface area contributed by atoms with Gasteiger partial charge in [0.2, 0.25) is 0 Å². The van der Waals surface area contributed by atoms with E-state index in [4.69, 9.17) is 5.73 Å². The number of hydrogen-bond donors (Lipinski definition) is 2. The van der Waals surface area contributed by atoms with Crippen LogP contribution in [0.2, 0.25) is 0 Å². The largest absolute Gasteiger partial charge is 0.370 e. The molecule has 0 aliphatic carbocycles. The fourth-order valence-corrected chi connectivity index (χ4v) is 3.11. The van der Waals surface area contributed by atoms with Crippen LogP contribution in [0.5, 0.6) is 0 Å². The van der Waals surface area contributed by atoms with Crippen LogP contribution in [0.3, 0.4) is 0 Å². The van der Waals surface area contributed by atoms with Crippen LogP contribution in [-0.4, -0.2) is 36.6 Å². The number of guanidine groups is 1. The lowest BCUT2D eigenvalue weighted by atomic mass is 10.2. The zero-order valence-corrected chi connectivity index (χ0v) is 13.8. The summed E-state index contributed by atoms with van der Waals surface area (Å²) < 4.78 is 0. The van der Waals surface area contributed by atoms with Crippen molar-refractivity contribution < 1.29 is 0 Å². The number of benzene rings is 1. The molecule has 0 radical (unpaired) electrons. The van der Waals surface area contributed by atoms with Crippen LogP contribution in [0.15, 0.2) is 29.3 Å². The van der Waals surface area contributed by atoms with Crippen LogP contribution in [0.4, 0.5) is 5.69 Å². The molecular weight excluding hydrogens is 280 g/mol. The van der Waals surface area contributed by atoms with Gasteiger partial charge in [-0.25, -0.2) is 4.99 Å². The predicted molar refractivity (Wildman–Crippen MR) is 94.2 cm³/mol. The van der Waals surface area contributed by atoms with Crippen LogP contribution >= 0.6 is 11.8 Å². The number of anilines is 1. The average molecular weight is 306 g/mol. The molecule has 1 heterocycles. The SMILES string of the molecule is CCC(C)NC(N)=NCc1ccc(N2CCSCC2)cc1. The Morgan fingerprint density at radius 1 is 1.33 bits per heavy atom. The average Bonchev–Trinajstić information content (AvgIpc) is 2.54. The van der Waals surface area contributed by atoms with Crippen molar-refractivity contribution in [3.8, 4) is 0 Å². The lowest BCUT2D eigenvalue weighted by Gasteiger charge is -2.28. The van der Waals surface area contributed by atoms with Crippen LogP contribution in [-0.2, 0) is 6.54 Å². The van der Waals surface area contributed by atoms with E-state index in [0.717, 1.165) is 19.5 Å². The summed E-state index contributed by atoms with van der Waals surface area (Å²) in [4.78, 5) is 6.84. The molecule has 2 rings (SSSR count). The first-order valence-corrected chi connectivity index (χ1v) is 8.82. The Labute approximate surface area is 132 Å². The smallest absolute Gasteiger partial charge is 0.189 e. The summed E-state index contributed by atoms with van der Waals surface area (Å²) in [5.41, 5.74) is 8.38. The van der Waals surface area contributed by atoms with Gasteiger partial charge >= 0.3 is 0 Å². The summed E-state index contributed by atoms with van der Waals surface area (Å²) >= 11 is 2.03. The molecule has 1 aromatic rings. The third kappa shape index (κ3) is 5.16. The van der Waals surface area contributed by atoms with Crippen LogP contribution in [0.25, 0.3) is 0 Å². The van der Waals surface area contributed by atoms with Gasteiger partial charge in [0, 0.05) is 36.3 Å². The zero-order valence-electron chi connectivity index (χ0n) is 13.0. The number of nitrogens with two attached hydrogens (primary N) is 1. The molecule has 1 fully saturated rings. The molecule has 0 amide bonds. The zero-order chi connectivity index (χ0) is 15.1. The molecule has 1 saturated heterocycles. The molecule has 21 heavy (non-hydrogen) atoms. The molecule has 5 heteroatoms. The Bertz CT molecular complexity index is 452. The molecule has 1 aliphatic heterocycles. The molecule has 0 saturated carbocycles. The standard InChI is InChI=1S/C16H26N4S/c1-3-13(2)19-16(17)18-12-14-4-6-15(7-5-14)20-8-10-21-11-9-20/h4-7,13H,3,8-12H2,1-2H3,(H3,17,18,19). The molecule has 1 aliphatic rings. The molecule has 0 aromatic heterocycles. The van der Waals surface area contributed by atoms with Gasteiger partial charge in [-0.1, -0.05) is 19.1 Å². The summed E-state index contributed by atoms with van der Waals surface area (Å²) in [5, 5.41) is 3.18. The first kappa shape index (κ1) is 16.0. The minimum absolute atomic E-state index is 0.369. The lowest BCUT2D eigenvalue weighted by Crippen LogP contribution is -2.38. The van der Waals surface area contributed by atoms with Crippen molar-refractivity contribution >= 4 is 23.4 Å². The molecule has 116 valence electrons. The number of hydrogen-bond acceptors (Lipinski definition) is 3. The number of rotatable bonds is 5. The Kier molecular flexibility index (Phi) is 6.23. The van der Waals surface area contributed by atoms with E-state index in [2.05, 4.69) is 53.3 Å². The van der Waals surface area contributed by atoms with E-state index in [0.29, 0.717) is 18.5 Å². The molecule has 1 unspecified atom stereocenters. The fraction of sp³-hybridized carbons (Fsp3) is 0.562. The van der Waals surface area contributed by atoms with Crippen molar-refractivity contribution in [2.24, 2.45) is 10.7 Å². The van der Waals surface area contributed by atoms with Crippen molar-refractivity contribution in [3.63, 3.8) is 0 Å². The van der Waals surface area contributed by atoms with E-state index >= 15 is 0 Å². The monoisotopic (exact) mass is 306 g/mol. The predicted octanol–water partition coefficient (Wildman–Crippen LogP) is 2.44. The van der Waals surface area contributed by atoms with Gasteiger partial charge in [0.15, 0.2) is 5.96 Å². The van der Waals surface area contributed by atoms with Gasteiger partial charge in [-0.2, -0.15) is 11.8 Å². The second-order valence-electron chi connectivity index (χ2n) is 5.42. The number of thioether (sulfide) groups is 1. The number of nitrogens with zero attached hydrogens (tertiary/aromatic N) is 2. The van der Waals surface area contributed by atoms with Gasteiger partial charge in [-0.05, 0) is 31.0 Å². The van der Waals surface area contributed by atoms with Crippen molar-refractivity contribution in [2.75, 3.05) is 29.5 Å². The summed E-state index contributed by atoms with van der Waals surface area (Å²) in [7, 11) is 0. The topological polar surface area (TPSA) is 53.6 Å². The maximum Gasteiger partial charge on any atom is 0.189 e. The van der Waals surface area contributed by atoms with Crippen molar-refractivity contribution in [1.29, 1.82) is 0 Å². The molecule has 4 nitrogen and oxygen atoms in total. The molecular formula is C16H26N4S. The molecule has 0 bridgehead atoms. The molecule has 0 spiro atoms. The van der Waals surface area contributed by atoms with Crippen molar-refractivity contribution in [3.05, 3.63) is 29.8 Å². The van der Waals surface area contributed by atoms with Gasteiger partial charge in [0.05, 0.1) is 6.54 Å². The maximum absolute atomic E-state index is 5.87. The third-order valence-electron chi connectivity index (χ3n) is 3.75. The van der Waals surface area contributed by atoms with E-state index in [1.807, 2.05) is 11.8 Å². The Morgan fingerprint density at radius 3 is 2.62 bits per heavy atom. The molecule has 1 atom stereocenters. The summed E-state index contributed by atoms with van der Waals surface area (Å²) in [6, 6.07) is 9.06. The van der Waals surface area contributed by atoms with E-state index in [9.17, 15) is 0 Å². The number of nitrogens with one attached hydrogen (secondary N) is 1. The lowest BCUT2D eigenvalue weighted by molar-refractivity contribution is 0.636. The van der Waals surface area contributed by atoms with Gasteiger partial charge in [0.25, 0.3) is 0 Å². The van der Waals surface area contributed by atoms with Crippen LogP contribution < -0.4 is 16.0 Å². The fourth-order valence-electron chi connectivity index (χ4n) is 2.21. The quantitative estimate of drug-likeness (QED) is 0.648. The Balaban J connectivity index is 1.88. The summed E-state index contributed by atoms with van der Waals surface area (Å²) in [6.07, 6.45) is 1.04. The first-order valence-electron chi connectivity index (χ1n) is 7.67. The molecule has 1 aromatic carbocycles. The van der Waals surface area contributed by atoms with E-state index in [1.54, 1.807) is 0 Å². The highest BCUT2D eigenvalue weighted by Gasteiger charge is 2.10. The normalized spacial score (nSPS) is 17.6. The maximum atomic E-state index is 5.87. The van der Waals surface area contributed by atoms with E-state index < -0.39 is 0 Å². The Hall–Kier alpha value is -1.36. The van der Waals surface area contributed by atoms with E-state index in [1.165, 1.54) is 22.8 Å². The van der Waals surface area contributed by atoms with Gasteiger partial charge in [0.1, 0.15) is 0 Å². The van der Waals surface area contributed by atoms with Crippen molar-refractivity contribution in [1.82, 2.24) is 5.32 Å². The van der Waals surface area contributed by atoms with Gasteiger partial charge in [-0.3, -0.25) is 0 Å². The second kappa shape index (κ2) is 8.17. The highest BCUT2D eigenvalue weighted by Crippen LogP contribution is 2.20. The van der Waals surface area contributed by atoms with Crippen LogP contribution in [0.1, 0.15) is 25.8 Å². The van der Waals surface area contributed by atoms with Crippen LogP contribution in [0, 0.1) is 0 Å². The molecule has 3 N–H and O–H groups in total. The highest BCUT2D eigenvalue weighted by atomic mass is 32.2. The van der Waals surface area contributed by atoms with E-state index in [-0.39, 0.29) is 0 Å². The summed E-state index contributed by atoms with van der Waals surface area (Å²) in [6.45, 7) is 7.16. The van der Waals surface area contributed by atoms with Gasteiger partial charge < -0.3 is 16.0 Å². The third-order valence-corrected chi connectivity index (χ3v) is 4.69. The Morgan fingerprint density at radius 2 is 2.00 bits per heavy atom. The summed E-state index contributed by atoms with van der Waals surface area (Å²) in [5.74, 6) is 2.98. The first-order chi connectivity index (χ1) is 10.2. The minimum Gasteiger partial charge on any atom is -0.370 e. The van der Waals surface area contributed by atoms with Crippen molar-refractivity contribution in [2.45, 2.75) is 32.9 Å². The highest BCUT2D eigenvalue weighted by molar-refractivity contribution is 7.99. The minimum atomic E-state index is 0.369. The van der Waals surface area contributed by atoms with Gasteiger partial charge in [-0.15, -0.1) is 0 Å². The second-order valence-corrected chi connectivity index (χ2v) is 6.65. The number of aliphatic imine (C=N–C) groups is 1.